The molecule has 2 rings (SSSR count). The second kappa shape index (κ2) is 2.64. The zero-order valence-corrected chi connectivity index (χ0v) is 7.79. The van der Waals surface area contributed by atoms with Gasteiger partial charge in [-0.15, -0.1) is 0 Å². The zero-order valence-electron chi connectivity index (χ0n) is 7.79. The lowest BCUT2D eigenvalue weighted by Gasteiger charge is -2.25. The molecule has 0 aromatic carbocycles. The molecule has 70 valence electrons. The molecule has 0 unspecified atom stereocenters. The Labute approximate surface area is 77.0 Å². The van der Waals surface area contributed by atoms with Gasteiger partial charge in [0.2, 0.25) is 0 Å². The largest absolute Gasteiger partial charge is 0.469 e. The van der Waals surface area contributed by atoms with E-state index >= 15 is 0 Å². The summed E-state index contributed by atoms with van der Waals surface area (Å²) in [4.78, 5) is 0. The van der Waals surface area contributed by atoms with E-state index in [1.54, 1.807) is 6.26 Å². The van der Waals surface area contributed by atoms with E-state index in [9.17, 15) is 0 Å². The number of hydroxylamine groups is 1. The summed E-state index contributed by atoms with van der Waals surface area (Å²) >= 11 is 0. The number of hydrogen-bond acceptors (Lipinski definition) is 3. The number of nitrogens with one attached hydrogen (secondary N) is 1. The van der Waals surface area contributed by atoms with Crippen LogP contribution in [0.25, 0.3) is 5.70 Å². The maximum Gasteiger partial charge on any atom is 0.113 e. The van der Waals surface area contributed by atoms with Crippen molar-refractivity contribution in [2.75, 3.05) is 0 Å². The van der Waals surface area contributed by atoms with Gasteiger partial charge in [0.25, 0.3) is 0 Å². The summed E-state index contributed by atoms with van der Waals surface area (Å²) in [5.74, 6) is 0.934. The van der Waals surface area contributed by atoms with E-state index in [1.807, 2.05) is 12.1 Å². The summed E-state index contributed by atoms with van der Waals surface area (Å²) in [7, 11) is 0. The molecule has 3 nitrogen and oxygen atoms in total. The Morgan fingerprint density at radius 3 is 3.00 bits per heavy atom. The third kappa shape index (κ3) is 1.35. The van der Waals surface area contributed by atoms with Gasteiger partial charge in [0.05, 0.1) is 12.0 Å². The van der Waals surface area contributed by atoms with Crippen LogP contribution in [-0.4, -0.2) is 5.21 Å². The lowest BCUT2D eigenvalue weighted by atomic mass is 9.81. The molecule has 3 heteroatoms. The molecule has 0 spiro atoms. The molecule has 0 amide bonds. The van der Waals surface area contributed by atoms with E-state index in [0.29, 0.717) is 0 Å². The number of furan rings is 1. The summed E-state index contributed by atoms with van der Waals surface area (Å²) < 4.78 is 5.33. The number of hydrogen-bond donors (Lipinski definition) is 2. The van der Waals surface area contributed by atoms with Crippen LogP contribution in [0.1, 0.15) is 25.2 Å². The molecule has 2 N–H and O–H groups in total. The fraction of sp³-hybridized carbons (Fsp3) is 0.400. The Hall–Kier alpha value is -1.22. The molecule has 1 aliphatic rings. The van der Waals surface area contributed by atoms with Crippen molar-refractivity contribution in [3.63, 3.8) is 0 Å². The van der Waals surface area contributed by atoms with Crippen LogP contribution in [0.3, 0.4) is 0 Å². The third-order valence-electron chi connectivity index (χ3n) is 2.31. The van der Waals surface area contributed by atoms with E-state index in [4.69, 9.17) is 9.62 Å². The van der Waals surface area contributed by atoms with Crippen molar-refractivity contribution < 1.29 is 9.62 Å². The lowest BCUT2D eigenvalue weighted by Crippen LogP contribution is -2.21. The van der Waals surface area contributed by atoms with E-state index in [1.165, 1.54) is 0 Å². The average molecular weight is 179 g/mol. The molecule has 0 saturated carbocycles. The predicted molar refractivity (Wildman–Crippen MR) is 49.1 cm³/mol. The summed E-state index contributed by atoms with van der Waals surface area (Å²) in [6.07, 6.45) is 4.54. The molecule has 0 bridgehead atoms. The van der Waals surface area contributed by atoms with Gasteiger partial charge in [-0.05, 0) is 11.5 Å². The molecular formula is C10H13NO2. The fourth-order valence-corrected chi connectivity index (χ4v) is 1.74. The van der Waals surface area contributed by atoms with Gasteiger partial charge in [-0.2, -0.15) is 0 Å². The van der Waals surface area contributed by atoms with E-state index in [-0.39, 0.29) is 5.41 Å². The van der Waals surface area contributed by atoms with Crippen LogP contribution in [-0.2, 0) is 6.42 Å². The third-order valence-corrected chi connectivity index (χ3v) is 2.31. The maximum absolute atomic E-state index is 8.93. The molecule has 1 aromatic heterocycles. The standard InChI is InChI=1S/C10H13NO2/c1-10(2)5-8(11-12)7-3-4-13-9(7)6-10/h3-5,11-12H,6H2,1-2H3. The first-order chi connectivity index (χ1) is 6.12. The van der Waals surface area contributed by atoms with Crippen molar-refractivity contribution in [2.24, 2.45) is 5.41 Å². The second-order valence-electron chi connectivity index (χ2n) is 4.09. The Morgan fingerprint density at radius 1 is 1.54 bits per heavy atom. The second-order valence-corrected chi connectivity index (χ2v) is 4.09. The number of allylic oxidation sites excluding steroid dienone is 1. The smallest absolute Gasteiger partial charge is 0.113 e. The van der Waals surface area contributed by atoms with E-state index < -0.39 is 0 Å². The molecular weight excluding hydrogens is 166 g/mol. The molecule has 13 heavy (non-hydrogen) atoms. The SMILES string of the molecule is CC1(C)C=C(NO)c2ccoc2C1. The first kappa shape index (κ1) is 8.38. The highest BCUT2D eigenvalue weighted by atomic mass is 16.5. The molecule has 0 radical (unpaired) electrons. The van der Waals surface area contributed by atoms with Crippen LogP contribution in [0.2, 0.25) is 0 Å². The summed E-state index contributed by atoms with van der Waals surface area (Å²) in [5, 5.41) is 8.93. The monoisotopic (exact) mass is 179 g/mol. The highest BCUT2D eigenvalue weighted by molar-refractivity contribution is 5.67. The van der Waals surface area contributed by atoms with Crippen molar-refractivity contribution >= 4 is 5.70 Å². The predicted octanol–water partition coefficient (Wildman–Crippen LogP) is 2.18. The van der Waals surface area contributed by atoms with E-state index in [2.05, 4.69) is 19.3 Å². The molecule has 0 aliphatic heterocycles. The van der Waals surface area contributed by atoms with Gasteiger partial charge in [0.1, 0.15) is 5.76 Å². The fourth-order valence-electron chi connectivity index (χ4n) is 1.74. The van der Waals surface area contributed by atoms with Crippen molar-refractivity contribution in [2.45, 2.75) is 20.3 Å². The minimum absolute atomic E-state index is 0.0376. The van der Waals surface area contributed by atoms with Crippen LogP contribution >= 0.6 is 0 Å². The van der Waals surface area contributed by atoms with Crippen LogP contribution in [0, 0.1) is 5.41 Å². The van der Waals surface area contributed by atoms with Gasteiger partial charge in [-0.25, -0.2) is 0 Å². The van der Waals surface area contributed by atoms with Gasteiger partial charge in [0, 0.05) is 12.0 Å². The normalized spacial score (nSPS) is 19.2. The van der Waals surface area contributed by atoms with Crippen LogP contribution in [0.15, 0.2) is 22.8 Å². The first-order valence-corrected chi connectivity index (χ1v) is 4.32. The van der Waals surface area contributed by atoms with Gasteiger partial charge < -0.3 is 4.42 Å². The number of fused-ring (bicyclic) bond motifs is 1. The highest BCUT2D eigenvalue weighted by Crippen LogP contribution is 2.35. The molecule has 0 fully saturated rings. The van der Waals surface area contributed by atoms with Crippen LogP contribution < -0.4 is 5.48 Å². The van der Waals surface area contributed by atoms with Gasteiger partial charge in [-0.1, -0.05) is 19.9 Å². The van der Waals surface area contributed by atoms with Crippen molar-refractivity contribution in [3.05, 3.63) is 29.7 Å². The first-order valence-electron chi connectivity index (χ1n) is 4.32. The van der Waals surface area contributed by atoms with Crippen molar-refractivity contribution in [1.82, 2.24) is 5.48 Å². The van der Waals surface area contributed by atoms with Gasteiger partial charge in [0.15, 0.2) is 0 Å². The molecule has 0 saturated heterocycles. The van der Waals surface area contributed by atoms with Gasteiger partial charge in [-0.3, -0.25) is 10.7 Å². The lowest BCUT2D eigenvalue weighted by molar-refractivity contribution is 0.221. The summed E-state index contributed by atoms with van der Waals surface area (Å²) in [6.45, 7) is 4.21. The quantitative estimate of drug-likeness (QED) is 0.649. The van der Waals surface area contributed by atoms with Crippen LogP contribution in [0.4, 0.5) is 0 Å². The molecule has 1 aliphatic carbocycles. The minimum atomic E-state index is 0.0376. The summed E-state index contributed by atoms with van der Waals surface area (Å²) in [5.41, 5.74) is 3.94. The average Bonchev–Trinajstić information content (AvgIpc) is 2.48. The van der Waals surface area contributed by atoms with Crippen molar-refractivity contribution in [3.8, 4) is 0 Å². The van der Waals surface area contributed by atoms with Crippen molar-refractivity contribution in [1.29, 1.82) is 0 Å². The summed E-state index contributed by atoms with van der Waals surface area (Å²) in [6, 6.07) is 1.86. The topological polar surface area (TPSA) is 45.4 Å². The minimum Gasteiger partial charge on any atom is -0.469 e. The Bertz CT molecular complexity index is 350. The molecule has 1 heterocycles. The van der Waals surface area contributed by atoms with Crippen LogP contribution in [0.5, 0.6) is 0 Å². The highest BCUT2D eigenvalue weighted by Gasteiger charge is 2.27. The maximum atomic E-state index is 8.93. The van der Waals surface area contributed by atoms with E-state index in [0.717, 1.165) is 23.4 Å². The number of rotatable bonds is 1. The Morgan fingerprint density at radius 2 is 2.31 bits per heavy atom. The molecule has 0 atom stereocenters. The Kier molecular flexibility index (Phi) is 1.70. The Balaban J connectivity index is 2.49. The molecule has 1 aromatic rings. The van der Waals surface area contributed by atoms with Gasteiger partial charge >= 0.3 is 0 Å². The zero-order chi connectivity index (χ0) is 9.47.